The average molecular weight is 244 g/mol. The number of carbonyl (C=O) groups is 1. The van der Waals surface area contributed by atoms with Crippen molar-refractivity contribution in [2.45, 2.75) is 0 Å². The fourth-order valence-corrected chi connectivity index (χ4v) is 1.36. The Kier molecular flexibility index (Phi) is 3.27. The highest BCUT2D eigenvalue weighted by atomic mass is 79.9. The molecule has 0 saturated heterocycles. The minimum atomic E-state index is -0.314. The molecule has 0 spiro atoms. The molecule has 0 radical (unpaired) electrons. The van der Waals surface area contributed by atoms with Crippen molar-refractivity contribution in [3.63, 3.8) is 0 Å². The highest BCUT2D eigenvalue weighted by molar-refractivity contribution is 9.10. The first-order chi connectivity index (χ1) is 6.19. The van der Waals surface area contributed by atoms with Gasteiger partial charge in [-0.05, 0) is 18.2 Å². The molecule has 4 N–H and O–H groups in total. The Bertz CT molecular complexity index is 327. The van der Waals surface area contributed by atoms with Gasteiger partial charge in [0.15, 0.2) is 0 Å². The van der Waals surface area contributed by atoms with Crippen LogP contribution in [0, 0.1) is 0 Å². The molecule has 0 aromatic heterocycles. The van der Waals surface area contributed by atoms with E-state index in [1.54, 1.807) is 19.2 Å². The van der Waals surface area contributed by atoms with Crippen LogP contribution in [-0.4, -0.2) is 13.0 Å². The number of benzene rings is 1. The van der Waals surface area contributed by atoms with E-state index < -0.39 is 0 Å². The van der Waals surface area contributed by atoms with E-state index in [0.717, 1.165) is 10.2 Å². The third kappa shape index (κ3) is 2.19. The number of hydrogen-bond acceptors (Lipinski definition) is 3. The molecule has 0 unspecified atom stereocenters. The lowest BCUT2D eigenvalue weighted by molar-refractivity contribution is 0.0954. The minimum absolute atomic E-state index is 0.314. The first kappa shape index (κ1) is 10.0. The van der Waals surface area contributed by atoms with Gasteiger partial charge in [-0.1, -0.05) is 15.9 Å². The topological polar surface area (TPSA) is 67.2 Å². The molecule has 0 aliphatic rings. The number of anilines is 1. The van der Waals surface area contributed by atoms with Gasteiger partial charge in [0.25, 0.3) is 5.91 Å². The number of hydrazine groups is 1. The Hall–Kier alpha value is -1.07. The van der Waals surface area contributed by atoms with Crippen molar-refractivity contribution in [3.8, 4) is 0 Å². The molecule has 1 rings (SSSR count). The summed E-state index contributed by atoms with van der Waals surface area (Å²) in [6.07, 6.45) is 0. The second-order valence-corrected chi connectivity index (χ2v) is 3.33. The summed E-state index contributed by atoms with van der Waals surface area (Å²) < 4.78 is 0.838. The van der Waals surface area contributed by atoms with Crippen LogP contribution in [0.15, 0.2) is 22.7 Å². The minimum Gasteiger partial charge on any atom is -0.387 e. The average Bonchev–Trinajstić information content (AvgIpc) is 2.16. The molecule has 13 heavy (non-hydrogen) atoms. The Morgan fingerprint density at radius 2 is 2.23 bits per heavy atom. The molecule has 0 fully saturated rings. The van der Waals surface area contributed by atoms with Gasteiger partial charge in [-0.2, -0.15) is 0 Å². The molecule has 5 heteroatoms. The summed E-state index contributed by atoms with van der Waals surface area (Å²) in [5, 5.41) is 2.90. The van der Waals surface area contributed by atoms with Crippen molar-refractivity contribution >= 4 is 27.5 Å². The molecule has 0 aliphatic carbocycles. The third-order valence-electron chi connectivity index (χ3n) is 1.63. The van der Waals surface area contributed by atoms with Crippen LogP contribution in [0.5, 0.6) is 0 Å². The predicted molar refractivity (Wildman–Crippen MR) is 55.3 cm³/mol. The van der Waals surface area contributed by atoms with Crippen LogP contribution >= 0.6 is 15.9 Å². The first-order valence-electron chi connectivity index (χ1n) is 3.67. The van der Waals surface area contributed by atoms with Crippen molar-refractivity contribution in [2.24, 2.45) is 5.84 Å². The fourth-order valence-electron chi connectivity index (χ4n) is 1.00. The predicted octanol–water partition coefficient (Wildman–Crippen LogP) is 1.09. The molecule has 0 bridgehead atoms. The van der Waals surface area contributed by atoms with Crippen LogP contribution in [0.3, 0.4) is 0 Å². The van der Waals surface area contributed by atoms with E-state index in [1.807, 2.05) is 6.07 Å². The van der Waals surface area contributed by atoms with Crippen LogP contribution in [0.2, 0.25) is 0 Å². The molecule has 1 aromatic rings. The Morgan fingerprint density at radius 3 is 2.77 bits per heavy atom. The number of hydrogen-bond donors (Lipinski definition) is 3. The molecular formula is C8H10BrN3O. The molecule has 1 aromatic carbocycles. The van der Waals surface area contributed by atoms with Gasteiger partial charge in [0, 0.05) is 17.2 Å². The molecular weight excluding hydrogens is 234 g/mol. The highest BCUT2D eigenvalue weighted by Crippen LogP contribution is 2.20. The summed E-state index contributed by atoms with van der Waals surface area (Å²) in [5.74, 6) is 4.72. The molecule has 1 amide bonds. The molecule has 0 saturated carbocycles. The number of amides is 1. The smallest absolute Gasteiger partial charge is 0.267 e. The summed E-state index contributed by atoms with van der Waals surface area (Å²) in [4.78, 5) is 11.2. The zero-order valence-electron chi connectivity index (χ0n) is 7.10. The second-order valence-electron chi connectivity index (χ2n) is 2.41. The normalized spacial score (nSPS) is 9.46. The first-order valence-corrected chi connectivity index (χ1v) is 4.46. The van der Waals surface area contributed by atoms with Gasteiger partial charge < -0.3 is 5.32 Å². The van der Waals surface area contributed by atoms with Crippen molar-refractivity contribution < 1.29 is 4.79 Å². The van der Waals surface area contributed by atoms with E-state index >= 15 is 0 Å². The van der Waals surface area contributed by atoms with Gasteiger partial charge in [-0.15, -0.1) is 0 Å². The maximum Gasteiger partial charge on any atom is 0.267 e. The molecule has 0 aliphatic heterocycles. The van der Waals surface area contributed by atoms with Gasteiger partial charge in [0.1, 0.15) is 0 Å². The van der Waals surface area contributed by atoms with Gasteiger partial charge in [-0.25, -0.2) is 5.84 Å². The summed E-state index contributed by atoms with van der Waals surface area (Å²) in [5.41, 5.74) is 3.34. The zero-order valence-corrected chi connectivity index (χ0v) is 8.68. The molecule has 0 heterocycles. The monoisotopic (exact) mass is 243 g/mol. The van der Waals surface area contributed by atoms with Crippen molar-refractivity contribution in [3.05, 3.63) is 28.2 Å². The number of nitrogen functional groups attached to an aromatic ring is 1. The fraction of sp³-hybridized carbons (Fsp3) is 0.125. The van der Waals surface area contributed by atoms with Crippen LogP contribution in [-0.2, 0) is 0 Å². The van der Waals surface area contributed by atoms with Crippen molar-refractivity contribution in [1.82, 2.24) is 5.43 Å². The maximum atomic E-state index is 11.2. The van der Waals surface area contributed by atoms with Crippen LogP contribution < -0.4 is 16.6 Å². The Morgan fingerprint density at radius 1 is 1.54 bits per heavy atom. The number of nitrogens with two attached hydrogens (primary N) is 1. The SMILES string of the molecule is CNc1ccc(Br)cc1C(=O)NN. The quantitative estimate of drug-likeness (QED) is 0.414. The number of carbonyl (C=O) groups excluding carboxylic acids is 1. The summed E-state index contributed by atoms with van der Waals surface area (Å²) >= 11 is 3.27. The lowest BCUT2D eigenvalue weighted by Crippen LogP contribution is -2.30. The van der Waals surface area contributed by atoms with E-state index in [9.17, 15) is 4.79 Å². The summed E-state index contributed by atoms with van der Waals surface area (Å²) in [7, 11) is 1.75. The van der Waals surface area contributed by atoms with Crippen molar-refractivity contribution in [2.75, 3.05) is 12.4 Å². The van der Waals surface area contributed by atoms with Gasteiger partial charge in [0.05, 0.1) is 5.56 Å². The number of rotatable bonds is 2. The summed E-state index contributed by atoms with van der Waals surface area (Å²) in [6, 6.07) is 5.35. The second kappa shape index (κ2) is 4.25. The van der Waals surface area contributed by atoms with Crippen LogP contribution in [0.25, 0.3) is 0 Å². The van der Waals surface area contributed by atoms with Gasteiger partial charge in [-0.3, -0.25) is 10.2 Å². The highest BCUT2D eigenvalue weighted by Gasteiger charge is 2.08. The van der Waals surface area contributed by atoms with Gasteiger partial charge in [0.2, 0.25) is 0 Å². The lowest BCUT2D eigenvalue weighted by atomic mass is 10.1. The van der Waals surface area contributed by atoms with Crippen LogP contribution in [0.1, 0.15) is 10.4 Å². The Labute approximate surface area is 84.6 Å². The van der Waals surface area contributed by atoms with E-state index in [1.165, 1.54) is 0 Å². The molecule has 0 atom stereocenters. The zero-order chi connectivity index (χ0) is 9.84. The largest absolute Gasteiger partial charge is 0.387 e. The Balaban J connectivity index is 3.15. The van der Waals surface area contributed by atoms with E-state index in [-0.39, 0.29) is 5.91 Å². The maximum absolute atomic E-state index is 11.2. The standard InChI is InChI=1S/C8H10BrN3O/c1-11-7-3-2-5(9)4-6(7)8(13)12-10/h2-4,11H,10H2,1H3,(H,12,13). The molecule has 4 nitrogen and oxygen atoms in total. The molecule has 70 valence electrons. The van der Waals surface area contributed by atoms with E-state index in [2.05, 4.69) is 26.7 Å². The van der Waals surface area contributed by atoms with Crippen LogP contribution in [0.4, 0.5) is 5.69 Å². The van der Waals surface area contributed by atoms with Crippen molar-refractivity contribution in [1.29, 1.82) is 0 Å². The lowest BCUT2D eigenvalue weighted by Gasteiger charge is -2.07. The summed E-state index contributed by atoms with van der Waals surface area (Å²) in [6.45, 7) is 0. The number of halogens is 1. The van der Waals surface area contributed by atoms with E-state index in [4.69, 9.17) is 5.84 Å². The van der Waals surface area contributed by atoms with E-state index in [0.29, 0.717) is 5.56 Å². The van der Waals surface area contributed by atoms with Gasteiger partial charge >= 0.3 is 0 Å². The number of nitrogens with one attached hydrogen (secondary N) is 2. The third-order valence-corrected chi connectivity index (χ3v) is 2.12.